The van der Waals surface area contributed by atoms with Crippen molar-refractivity contribution >= 4 is 0 Å². The Morgan fingerprint density at radius 3 is 2.58 bits per heavy atom. The van der Waals surface area contributed by atoms with Gasteiger partial charge < -0.3 is 9.40 Å². The molecule has 0 saturated heterocycles. The molecule has 0 radical (unpaired) electrons. The number of furan rings is 1. The lowest BCUT2D eigenvalue weighted by Gasteiger charge is -2.07. The first kappa shape index (κ1) is 16.4. The number of aromatic amines is 1. The Hall–Kier alpha value is -2.50. The van der Waals surface area contributed by atoms with E-state index < -0.39 is 11.7 Å². The van der Waals surface area contributed by atoms with Gasteiger partial charge >= 0.3 is 6.18 Å². The number of H-pyrrole nitrogens is 1. The molecule has 0 unspecified atom stereocenters. The maximum atomic E-state index is 12.8. The first-order valence-corrected chi connectivity index (χ1v) is 7.72. The van der Waals surface area contributed by atoms with Crippen LogP contribution < -0.4 is 0 Å². The van der Waals surface area contributed by atoms with Gasteiger partial charge in [0.05, 0.1) is 11.3 Å². The minimum Gasteiger partial charge on any atom is -0.453 e. The van der Waals surface area contributed by atoms with E-state index in [1.807, 2.05) is 6.92 Å². The van der Waals surface area contributed by atoms with Crippen molar-refractivity contribution in [2.24, 2.45) is 0 Å². The number of aryl methyl sites for hydroxylation is 2. The Balaban J connectivity index is 1.92. The largest absolute Gasteiger partial charge is 0.453 e. The molecule has 0 amide bonds. The molecule has 1 aromatic carbocycles. The van der Waals surface area contributed by atoms with Crippen LogP contribution >= 0.6 is 0 Å². The van der Waals surface area contributed by atoms with Gasteiger partial charge in [0, 0.05) is 11.3 Å². The Labute approximate surface area is 137 Å². The molecular formula is C18H17F3N2O. The summed E-state index contributed by atoms with van der Waals surface area (Å²) in [7, 11) is 0. The molecule has 0 atom stereocenters. The average molecular weight is 334 g/mol. The fourth-order valence-electron chi connectivity index (χ4n) is 2.56. The molecule has 6 heteroatoms. The Morgan fingerprint density at radius 2 is 1.88 bits per heavy atom. The van der Waals surface area contributed by atoms with E-state index in [2.05, 4.69) is 16.9 Å². The fourth-order valence-corrected chi connectivity index (χ4v) is 2.56. The van der Waals surface area contributed by atoms with E-state index in [4.69, 9.17) is 4.42 Å². The van der Waals surface area contributed by atoms with Crippen molar-refractivity contribution in [2.75, 3.05) is 0 Å². The number of alkyl halides is 3. The molecule has 0 fully saturated rings. The Morgan fingerprint density at radius 1 is 1.12 bits per heavy atom. The lowest BCUT2D eigenvalue weighted by molar-refractivity contribution is -0.137. The van der Waals surface area contributed by atoms with E-state index in [1.165, 1.54) is 6.07 Å². The van der Waals surface area contributed by atoms with E-state index in [0.717, 1.165) is 36.4 Å². The predicted octanol–water partition coefficient (Wildman–Crippen LogP) is 5.62. The number of halogens is 3. The van der Waals surface area contributed by atoms with Crippen molar-refractivity contribution in [1.82, 2.24) is 9.97 Å². The molecule has 1 N–H and O–H groups in total. The van der Waals surface area contributed by atoms with E-state index in [-0.39, 0.29) is 0 Å². The lowest BCUT2D eigenvalue weighted by atomic mass is 10.1. The number of hydrogen-bond acceptors (Lipinski definition) is 2. The van der Waals surface area contributed by atoms with Crippen LogP contribution in [0.2, 0.25) is 0 Å². The maximum absolute atomic E-state index is 12.8. The van der Waals surface area contributed by atoms with Crippen LogP contribution in [0.25, 0.3) is 22.9 Å². The molecule has 0 aliphatic carbocycles. The lowest BCUT2D eigenvalue weighted by Crippen LogP contribution is -2.04. The Kier molecular flexibility index (Phi) is 4.22. The fraction of sp³-hybridized carbons (Fsp3) is 0.278. The summed E-state index contributed by atoms with van der Waals surface area (Å²) in [5.41, 5.74) is 1.64. The Bertz CT molecular complexity index is 846. The molecule has 0 aliphatic rings. The number of hydrogen-bond donors (Lipinski definition) is 1. The predicted molar refractivity (Wildman–Crippen MR) is 85.5 cm³/mol. The molecule has 0 aliphatic heterocycles. The molecule has 2 aromatic heterocycles. The SMILES string of the molecule is CCCc1nc(-c2ccc(-c3cccc(C(F)(F)F)c3)o2)[nH]c1C. The number of rotatable bonds is 4. The summed E-state index contributed by atoms with van der Waals surface area (Å²) in [6.07, 6.45) is -2.53. The van der Waals surface area contributed by atoms with Crippen molar-refractivity contribution in [3.05, 3.63) is 53.3 Å². The van der Waals surface area contributed by atoms with Gasteiger partial charge in [-0.05, 0) is 37.6 Å². The second-order valence-corrected chi connectivity index (χ2v) is 5.65. The highest BCUT2D eigenvalue weighted by Crippen LogP contribution is 2.33. The zero-order chi connectivity index (χ0) is 17.3. The first-order valence-electron chi connectivity index (χ1n) is 7.72. The number of nitrogens with zero attached hydrogens (tertiary/aromatic N) is 1. The van der Waals surface area contributed by atoms with Gasteiger partial charge in [0.2, 0.25) is 0 Å². The van der Waals surface area contributed by atoms with Gasteiger partial charge in [-0.15, -0.1) is 0 Å². The highest BCUT2D eigenvalue weighted by atomic mass is 19.4. The molecule has 3 rings (SSSR count). The van der Waals surface area contributed by atoms with Crippen LogP contribution in [0.5, 0.6) is 0 Å². The quantitative estimate of drug-likeness (QED) is 0.673. The molecular weight excluding hydrogens is 317 g/mol. The van der Waals surface area contributed by atoms with Gasteiger partial charge in [-0.2, -0.15) is 13.2 Å². The summed E-state index contributed by atoms with van der Waals surface area (Å²) in [6, 6.07) is 8.45. The smallest absolute Gasteiger partial charge is 0.416 e. The first-order chi connectivity index (χ1) is 11.4. The molecule has 0 bridgehead atoms. The molecule has 24 heavy (non-hydrogen) atoms. The van der Waals surface area contributed by atoms with Crippen LogP contribution in [0.1, 0.15) is 30.3 Å². The van der Waals surface area contributed by atoms with Gasteiger partial charge in [-0.25, -0.2) is 4.98 Å². The number of aromatic nitrogens is 2. The topological polar surface area (TPSA) is 41.8 Å². The van der Waals surface area contributed by atoms with Crippen molar-refractivity contribution in [3.8, 4) is 22.9 Å². The zero-order valence-corrected chi connectivity index (χ0v) is 13.4. The van der Waals surface area contributed by atoms with Crippen LogP contribution in [-0.4, -0.2) is 9.97 Å². The van der Waals surface area contributed by atoms with Crippen molar-refractivity contribution in [2.45, 2.75) is 32.9 Å². The van der Waals surface area contributed by atoms with E-state index in [9.17, 15) is 13.2 Å². The zero-order valence-electron chi connectivity index (χ0n) is 13.4. The van der Waals surface area contributed by atoms with E-state index in [0.29, 0.717) is 22.9 Å². The van der Waals surface area contributed by atoms with Crippen LogP contribution in [0.15, 0.2) is 40.8 Å². The van der Waals surface area contributed by atoms with Gasteiger partial charge in [-0.3, -0.25) is 0 Å². The van der Waals surface area contributed by atoms with Gasteiger partial charge in [0.25, 0.3) is 0 Å². The number of nitrogens with one attached hydrogen (secondary N) is 1. The summed E-state index contributed by atoms with van der Waals surface area (Å²) in [5.74, 6) is 1.48. The van der Waals surface area contributed by atoms with E-state index >= 15 is 0 Å². The normalized spacial score (nSPS) is 11.9. The van der Waals surface area contributed by atoms with Crippen molar-refractivity contribution in [1.29, 1.82) is 0 Å². The third kappa shape index (κ3) is 3.22. The standard InChI is InChI=1S/C18H17F3N2O/c1-3-5-14-11(2)22-17(23-14)16-9-8-15(24-16)12-6-4-7-13(10-12)18(19,20)21/h4,6-10H,3,5H2,1-2H3,(H,22,23). The molecule has 126 valence electrons. The summed E-state index contributed by atoms with van der Waals surface area (Å²) in [4.78, 5) is 7.67. The minimum atomic E-state index is -4.38. The molecule has 0 spiro atoms. The average Bonchev–Trinajstić information content (AvgIpc) is 3.15. The summed E-state index contributed by atoms with van der Waals surface area (Å²) in [6.45, 7) is 4.02. The van der Waals surface area contributed by atoms with Crippen LogP contribution in [0.3, 0.4) is 0 Å². The van der Waals surface area contributed by atoms with Crippen molar-refractivity contribution < 1.29 is 17.6 Å². The highest BCUT2D eigenvalue weighted by molar-refractivity contribution is 5.62. The summed E-state index contributed by atoms with van der Waals surface area (Å²) >= 11 is 0. The molecule has 2 heterocycles. The maximum Gasteiger partial charge on any atom is 0.416 e. The monoisotopic (exact) mass is 334 g/mol. The van der Waals surface area contributed by atoms with Gasteiger partial charge in [-0.1, -0.05) is 25.5 Å². The molecule has 3 aromatic rings. The van der Waals surface area contributed by atoms with Gasteiger partial charge in [0.15, 0.2) is 11.6 Å². The third-order valence-electron chi connectivity index (χ3n) is 3.79. The molecule has 0 saturated carbocycles. The molecule has 3 nitrogen and oxygen atoms in total. The highest BCUT2D eigenvalue weighted by Gasteiger charge is 2.30. The van der Waals surface area contributed by atoms with Crippen LogP contribution in [0, 0.1) is 6.92 Å². The van der Waals surface area contributed by atoms with Crippen molar-refractivity contribution in [3.63, 3.8) is 0 Å². The van der Waals surface area contributed by atoms with Crippen LogP contribution in [0.4, 0.5) is 13.2 Å². The van der Waals surface area contributed by atoms with Crippen LogP contribution in [-0.2, 0) is 12.6 Å². The second kappa shape index (κ2) is 6.19. The number of benzene rings is 1. The second-order valence-electron chi connectivity index (χ2n) is 5.65. The van der Waals surface area contributed by atoms with E-state index in [1.54, 1.807) is 18.2 Å². The third-order valence-corrected chi connectivity index (χ3v) is 3.79. The number of imidazole rings is 1. The summed E-state index contributed by atoms with van der Waals surface area (Å²) in [5, 5.41) is 0. The summed E-state index contributed by atoms with van der Waals surface area (Å²) < 4.78 is 44.2. The minimum absolute atomic E-state index is 0.377. The van der Waals surface area contributed by atoms with Gasteiger partial charge in [0.1, 0.15) is 5.76 Å².